The van der Waals surface area contributed by atoms with E-state index in [0.29, 0.717) is 22.6 Å². The Kier molecular flexibility index (Phi) is 7.77. The first-order valence-electron chi connectivity index (χ1n) is 10.4. The molecule has 0 saturated carbocycles. The van der Waals surface area contributed by atoms with Crippen molar-refractivity contribution >= 4 is 78.9 Å². The highest BCUT2D eigenvalue weighted by Crippen LogP contribution is 2.46. The Balaban J connectivity index is 2.06. The quantitative estimate of drug-likeness (QED) is 0.230. The van der Waals surface area contributed by atoms with Gasteiger partial charge in [0, 0.05) is 31.4 Å². The summed E-state index contributed by atoms with van der Waals surface area (Å²) in [4.78, 5) is 24.7. The molecule has 2 N–H and O–H groups in total. The van der Waals surface area contributed by atoms with E-state index < -0.39 is 12.2 Å². The van der Waals surface area contributed by atoms with Crippen molar-refractivity contribution in [2.24, 2.45) is 0 Å². The zero-order valence-electron chi connectivity index (χ0n) is 18.0. The van der Waals surface area contributed by atoms with Crippen LogP contribution in [0.3, 0.4) is 0 Å². The van der Waals surface area contributed by atoms with Gasteiger partial charge < -0.3 is 20.1 Å². The van der Waals surface area contributed by atoms with Gasteiger partial charge in [-0.05, 0) is 117 Å². The number of hydrogen-bond donors (Lipinski definition) is 2. The second kappa shape index (κ2) is 10.8. The molecule has 0 spiro atoms. The molecule has 0 atom stereocenters. The number of nitrogens with one attached hydrogen (secondary N) is 2. The zero-order chi connectivity index (χ0) is 24.2. The monoisotopic (exact) mass is 678 g/mol. The lowest BCUT2D eigenvalue weighted by Crippen LogP contribution is -2.27. The fraction of sp³-hybridized carbons (Fsp3) is 0.0769. The number of carbonyl (C=O) groups excluding carboxylic acids is 2. The van der Waals surface area contributed by atoms with Crippen LogP contribution in [0.15, 0.2) is 60.7 Å². The Bertz CT molecular complexity index is 1300. The van der Waals surface area contributed by atoms with Crippen LogP contribution in [-0.4, -0.2) is 25.3 Å². The minimum absolute atomic E-state index is 0.187. The van der Waals surface area contributed by atoms with Crippen molar-refractivity contribution < 1.29 is 19.1 Å². The van der Waals surface area contributed by atoms with Gasteiger partial charge >= 0.3 is 12.2 Å². The minimum atomic E-state index is -0.617. The first kappa shape index (κ1) is 24.5. The third-order valence-corrected chi connectivity index (χ3v) is 6.42. The lowest BCUT2D eigenvalue weighted by Gasteiger charge is -2.19. The highest BCUT2D eigenvalue weighted by Gasteiger charge is 2.22. The summed E-state index contributed by atoms with van der Waals surface area (Å²) < 4.78 is 13.5. The Labute approximate surface area is 224 Å². The summed E-state index contributed by atoms with van der Waals surface area (Å²) in [6.45, 7) is 7.65. The van der Waals surface area contributed by atoms with Crippen molar-refractivity contribution in [2.45, 2.75) is 0 Å². The molecule has 0 bridgehead atoms. The van der Waals surface area contributed by atoms with Crippen LogP contribution in [0.4, 0.5) is 9.59 Å². The van der Waals surface area contributed by atoms with Gasteiger partial charge in [0.1, 0.15) is 11.5 Å². The second-order valence-corrected chi connectivity index (χ2v) is 9.73. The maximum atomic E-state index is 12.4. The number of hydrogen-bond acceptors (Lipinski definition) is 4. The Morgan fingerprint density at radius 3 is 1.47 bits per heavy atom. The van der Waals surface area contributed by atoms with E-state index in [1.165, 1.54) is 0 Å². The average Bonchev–Trinajstić information content (AvgIpc) is 2.79. The molecule has 4 aromatic rings. The standard InChI is InChI=1S/C26H20I2N2O4/c1-3-29-25(31)33-21-11-5-15-13-17(27)7-9-19(15)23(21)24-20-10-8-18(28)14-16(20)6-12-22(24)34-26(32)30-4-2/h5-14H,1-4H2,(H,29,31)(H,30,32). The molecule has 6 nitrogen and oxygen atoms in total. The average molecular weight is 678 g/mol. The number of ether oxygens (including phenoxy) is 2. The third kappa shape index (κ3) is 5.22. The first-order chi connectivity index (χ1) is 16.4. The zero-order valence-corrected chi connectivity index (χ0v) is 22.3. The number of carbonyl (C=O) groups is 2. The van der Waals surface area contributed by atoms with Crippen LogP contribution < -0.4 is 20.1 Å². The van der Waals surface area contributed by atoms with Crippen molar-refractivity contribution in [1.29, 1.82) is 0 Å². The summed E-state index contributed by atoms with van der Waals surface area (Å²) in [7, 11) is 0. The lowest BCUT2D eigenvalue weighted by atomic mass is 9.92. The third-order valence-electron chi connectivity index (χ3n) is 5.08. The Hall–Kier alpha value is -2.60. The number of rotatable bonds is 5. The number of fused-ring (bicyclic) bond motifs is 2. The van der Waals surface area contributed by atoms with Crippen molar-refractivity contribution in [3.8, 4) is 22.6 Å². The molecule has 0 unspecified atom stereocenters. The van der Waals surface area contributed by atoms with Gasteiger partial charge in [0.25, 0.3) is 0 Å². The lowest BCUT2D eigenvalue weighted by molar-refractivity contribution is 0.200. The number of benzene rings is 4. The van der Waals surface area contributed by atoms with Crippen LogP contribution in [0.25, 0.3) is 32.7 Å². The molecule has 2 amide bonds. The Morgan fingerprint density at radius 2 is 1.09 bits per heavy atom. The number of halogens is 2. The normalized spacial score (nSPS) is 10.8. The highest BCUT2D eigenvalue weighted by molar-refractivity contribution is 14.1. The van der Waals surface area contributed by atoms with E-state index in [9.17, 15) is 9.59 Å². The van der Waals surface area contributed by atoms with Gasteiger partial charge in [-0.15, -0.1) is 0 Å². The maximum Gasteiger partial charge on any atom is 0.412 e. The maximum absolute atomic E-state index is 12.4. The van der Waals surface area contributed by atoms with Crippen molar-refractivity contribution in [3.63, 3.8) is 0 Å². The first-order valence-corrected chi connectivity index (χ1v) is 12.5. The van der Waals surface area contributed by atoms with Crippen LogP contribution in [0.5, 0.6) is 11.5 Å². The molecule has 172 valence electrons. The van der Waals surface area contributed by atoms with Crippen LogP contribution in [0.2, 0.25) is 0 Å². The molecule has 4 aromatic carbocycles. The van der Waals surface area contributed by atoms with E-state index in [1.807, 2.05) is 48.5 Å². The van der Waals surface area contributed by atoms with E-state index in [0.717, 1.165) is 28.7 Å². The van der Waals surface area contributed by atoms with Crippen molar-refractivity contribution in [2.75, 3.05) is 13.1 Å². The summed E-state index contributed by atoms with van der Waals surface area (Å²) in [6.07, 6.45) is -1.23. The van der Waals surface area contributed by atoms with E-state index in [2.05, 4.69) is 69.7 Å². The molecule has 0 aliphatic heterocycles. The van der Waals surface area contributed by atoms with E-state index in [-0.39, 0.29) is 13.1 Å². The molecule has 0 aromatic heterocycles. The fourth-order valence-corrected chi connectivity index (χ4v) is 4.75. The largest absolute Gasteiger partial charge is 0.412 e. The number of amides is 2. The van der Waals surface area contributed by atoms with Gasteiger partial charge in [-0.3, -0.25) is 0 Å². The smallest absolute Gasteiger partial charge is 0.410 e. The topological polar surface area (TPSA) is 76.7 Å². The van der Waals surface area contributed by atoms with Gasteiger partial charge in [0.2, 0.25) is 0 Å². The SMILES string of the molecule is [CH2]CNC(=O)Oc1ccc2cc(I)ccc2c1-c1c(OC(=O)NC[CH2])ccc2cc(I)ccc12. The molecule has 0 aliphatic carbocycles. The van der Waals surface area contributed by atoms with E-state index in [4.69, 9.17) is 9.47 Å². The predicted octanol–water partition coefficient (Wildman–Crippen LogP) is 6.71. The summed E-state index contributed by atoms with van der Waals surface area (Å²) in [5.41, 5.74) is 1.30. The molecular weight excluding hydrogens is 658 g/mol. The molecule has 8 heteroatoms. The summed E-state index contributed by atoms with van der Waals surface area (Å²) in [6, 6.07) is 19.3. The molecule has 0 aliphatic rings. The second-order valence-electron chi connectivity index (χ2n) is 7.24. The molecule has 0 heterocycles. The van der Waals surface area contributed by atoms with E-state index >= 15 is 0 Å². The van der Waals surface area contributed by atoms with Gasteiger partial charge in [0.05, 0.1) is 0 Å². The molecule has 0 fully saturated rings. The van der Waals surface area contributed by atoms with Crippen LogP contribution in [0, 0.1) is 21.0 Å². The van der Waals surface area contributed by atoms with Gasteiger partial charge in [0.15, 0.2) is 0 Å². The Morgan fingerprint density at radius 1 is 0.676 bits per heavy atom. The molecule has 4 rings (SSSR count). The molecule has 0 saturated heterocycles. The van der Waals surface area contributed by atoms with Gasteiger partial charge in [-0.2, -0.15) is 0 Å². The van der Waals surface area contributed by atoms with Gasteiger partial charge in [-0.1, -0.05) is 24.3 Å². The summed E-state index contributed by atoms with van der Waals surface area (Å²) >= 11 is 4.51. The van der Waals surface area contributed by atoms with Crippen LogP contribution >= 0.6 is 45.2 Å². The van der Waals surface area contributed by atoms with Crippen LogP contribution in [-0.2, 0) is 0 Å². The molecule has 34 heavy (non-hydrogen) atoms. The molecular formula is C26H20I2N2O4. The highest BCUT2D eigenvalue weighted by atomic mass is 127. The van der Waals surface area contributed by atoms with E-state index in [1.54, 1.807) is 12.1 Å². The fourth-order valence-electron chi connectivity index (χ4n) is 3.72. The van der Waals surface area contributed by atoms with Crippen molar-refractivity contribution in [3.05, 3.63) is 81.7 Å². The summed E-state index contributed by atoms with van der Waals surface area (Å²) in [5.74, 6) is 0.682. The van der Waals surface area contributed by atoms with Crippen LogP contribution in [0.1, 0.15) is 0 Å². The summed E-state index contributed by atoms with van der Waals surface area (Å²) in [5, 5.41) is 8.75. The minimum Gasteiger partial charge on any atom is -0.410 e. The van der Waals surface area contributed by atoms with Gasteiger partial charge in [-0.25, -0.2) is 9.59 Å². The predicted molar refractivity (Wildman–Crippen MR) is 151 cm³/mol. The van der Waals surface area contributed by atoms with Crippen molar-refractivity contribution in [1.82, 2.24) is 10.6 Å². The molecule has 2 radical (unpaired) electrons.